The Kier molecular flexibility index (Phi) is 3.98. The lowest BCUT2D eigenvalue weighted by Gasteiger charge is -2.21. The van der Waals surface area contributed by atoms with Crippen LogP contribution in [0, 0.1) is 5.92 Å². The van der Waals surface area contributed by atoms with Crippen LogP contribution in [0.25, 0.3) is 0 Å². The second-order valence-corrected chi connectivity index (χ2v) is 6.69. The number of amides is 1. The first-order chi connectivity index (χ1) is 8.91. The molecule has 104 valence electrons. The summed E-state index contributed by atoms with van der Waals surface area (Å²) in [6, 6.07) is 8.86. The average Bonchev–Trinajstić information content (AvgIpc) is 3.19. The number of carbonyl (C=O) groups is 1. The molecule has 1 unspecified atom stereocenters. The van der Waals surface area contributed by atoms with E-state index in [1.165, 1.54) is 24.0 Å². The number of nitrogens with one attached hydrogen (secondary N) is 1. The van der Waals surface area contributed by atoms with Gasteiger partial charge in [0, 0.05) is 13.5 Å². The molecular formula is C17H25NO. The van der Waals surface area contributed by atoms with Crippen LogP contribution in [0.4, 0.5) is 0 Å². The lowest BCUT2D eigenvalue weighted by molar-refractivity contribution is -0.121. The summed E-state index contributed by atoms with van der Waals surface area (Å²) in [7, 11) is 1.72. The number of hydrogen-bond donors (Lipinski definition) is 1. The van der Waals surface area contributed by atoms with Gasteiger partial charge in [-0.15, -0.1) is 0 Å². The molecule has 0 bridgehead atoms. The maximum Gasteiger partial charge on any atom is 0.220 e. The van der Waals surface area contributed by atoms with Gasteiger partial charge < -0.3 is 5.32 Å². The summed E-state index contributed by atoms with van der Waals surface area (Å²) in [6.45, 7) is 6.68. The predicted octanol–water partition coefficient (Wildman–Crippen LogP) is 3.61. The second-order valence-electron chi connectivity index (χ2n) is 6.69. The third kappa shape index (κ3) is 3.59. The van der Waals surface area contributed by atoms with Crippen molar-refractivity contribution >= 4 is 5.91 Å². The second kappa shape index (κ2) is 5.36. The van der Waals surface area contributed by atoms with Crippen molar-refractivity contribution in [3.05, 3.63) is 35.4 Å². The van der Waals surface area contributed by atoms with Gasteiger partial charge in [0.25, 0.3) is 0 Å². The van der Waals surface area contributed by atoms with Gasteiger partial charge in [-0.05, 0) is 41.2 Å². The van der Waals surface area contributed by atoms with Gasteiger partial charge in [0.15, 0.2) is 0 Å². The van der Waals surface area contributed by atoms with Crippen LogP contribution in [0.15, 0.2) is 24.3 Å². The van der Waals surface area contributed by atoms with Gasteiger partial charge in [0.1, 0.15) is 0 Å². The Hall–Kier alpha value is -1.31. The van der Waals surface area contributed by atoms with Crippen molar-refractivity contribution in [1.82, 2.24) is 5.32 Å². The summed E-state index contributed by atoms with van der Waals surface area (Å²) in [5.41, 5.74) is 2.86. The number of carbonyl (C=O) groups excluding carboxylic acids is 1. The van der Waals surface area contributed by atoms with E-state index in [2.05, 4.69) is 50.4 Å². The van der Waals surface area contributed by atoms with Crippen molar-refractivity contribution in [2.24, 2.45) is 5.92 Å². The molecule has 1 amide bonds. The molecule has 0 aromatic heterocycles. The molecule has 2 nitrogen and oxygen atoms in total. The molecule has 19 heavy (non-hydrogen) atoms. The molecule has 1 fully saturated rings. The first-order valence-electron chi connectivity index (χ1n) is 7.23. The Morgan fingerprint density at radius 3 is 2.26 bits per heavy atom. The molecule has 1 saturated carbocycles. The maximum absolute atomic E-state index is 11.6. The molecule has 0 heterocycles. The van der Waals surface area contributed by atoms with Crippen LogP contribution in [0.5, 0.6) is 0 Å². The quantitative estimate of drug-likeness (QED) is 0.879. The summed E-state index contributed by atoms with van der Waals surface area (Å²) in [5.74, 6) is 1.25. The van der Waals surface area contributed by atoms with Crippen molar-refractivity contribution in [2.75, 3.05) is 7.05 Å². The molecule has 1 N–H and O–H groups in total. The lowest BCUT2D eigenvalue weighted by atomic mass is 9.84. The van der Waals surface area contributed by atoms with E-state index in [1.54, 1.807) is 7.05 Å². The largest absolute Gasteiger partial charge is 0.359 e. The average molecular weight is 259 g/mol. The molecular weight excluding hydrogens is 234 g/mol. The molecule has 2 heteroatoms. The highest BCUT2D eigenvalue weighted by molar-refractivity contribution is 5.76. The summed E-state index contributed by atoms with van der Waals surface area (Å²) >= 11 is 0. The number of rotatable bonds is 4. The Bertz CT molecular complexity index is 437. The Balaban J connectivity index is 2.16. The highest BCUT2D eigenvalue weighted by atomic mass is 16.1. The summed E-state index contributed by atoms with van der Waals surface area (Å²) in [5, 5.41) is 2.74. The highest BCUT2D eigenvalue weighted by Crippen LogP contribution is 2.44. The third-order valence-electron chi connectivity index (χ3n) is 4.08. The molecule has 0 aliphatic heterocycles. The normalized spacial score (nSPS) is 17.1. The molecule has 1 aromatic carbocycles. The fourth-order valence-electron chi connectivity index (χ4n) is 2.59. The molecule has 0 spiro atoms. The summed E-state index contributed by atoms with van der Waals surface area (Å²) in [6.07, 6.45) is 3.15. The summed E-state index contributed by atoms with van der Waals surface area (Å²) in [4.78, 5) is 11.6. The van der Waals surface area contributed by atoms with Crippen LogP contribution < -0.4 is 5.32 Å². The van der Waals surface area contributed by atoms with Gasteiger partial charge >= 0.3 is 0 Å². The standard InChI is InChI=1S/C17H25NO/c1-17(2,3)14-9-7-13(8-10-14)15(12-5-6-12)11-16(19)18-4/h7-10,12,15H,5-6,11H2,1-4H3,(H,18,19). The van der Waals surface area contributed by atoms with Gasteiger partial charge in [0.05, 0.1) is 0 Å². The molecule has 1 aromatic rings. The number of benzene rings is 1. The van der Waals surface area contributed by atoms with Gasteiger partial charge in [-0.25, -0.2) is 0 Å². The fraction of sp³-hybridized carbons (Fsp3) is 0.588. The SMILES string of the molecule is CNC(=O)CC(c1ccc(C(C)(C)C)cc1)C1CC1. The van der Waals surface area contributed by atoms with Gasteiger partial charge in [0.2, 0.25) is 5.91 Å². The topological polar surface area (TPSA) is 29.1 Å². The van der Waals surface area contributed by atoms with Crippen molar-refractivity contribution in [3.8, 4) is 0 Å². The van der Waals surface area contributed by atoms with E-state index in [0.29, 0.717) is 18.3 Å². The molecule has 0 saturated heterocycles. The molecule has 1 atom stereocenters. The predicted molar refractivity (Wildman–Crippen MR) is 79.3 cm³/mol. The van der Waals surface area contributed by atoms with E-state index in [4.69, 9.17) is 0 Å². The van der Waals surface area contributed by atoms with E-state index in [-0.39, 0.29) is 11.3 Å². The Morgan fingerprint density at radius 2 is 1.84 bits per heavy atom. The molecule has 1 aliphatic rings. The number of hydrogen-bond acceptors (Lipinski definition) is 1. The minimum Gasteiger partial charge on any atom is -0.359 e. The van der Waals surface area contributed by atoms with E-state index >= 15 is 0 Å². The highest BCUT2D eigenvalue weighted by Gasteiger charge is 2.33. The first kappa shape index (κ1) is 14.1. The lowest BCUT2D eigenvalue weighted by Crippen LogP contribution is -2.21. The van der Waals surface area contributed by atoms with Crippen LogP contribution >= 0.6 is 0 Å². The van der Waals surface area contributed by atoms with E-state index in [9.17, 15) is 4.79 Å². The van der Waals surface area contributed by atoms with E-state index < -0.39 is 0 Å². The fourth-order valence-corrected chi connectivity index (χ4v) is 2.59. The first-order valence-corrected chi connectivity index (χ1v) is 7.23. The zero-order chi connectivity index (χ0) is 14.0. The zero-order valence-corrected chi connectivity index (χ0v) is 12.5. The molecule has 0 radical (unpaired) electrons. The van der Waals surface area contributed by atoms with Crippen molar-refractivity contribution in [1.29, 1.82) is 0 Å². The molecule has 1 aliphatic carbocycles. The maximum atomic E-state index is 11.6. The van der Waals surface area contributed by atoms with Crippen LogP contribution in [0.1, 0.15) is 57.1 Å². The van der Waals surface area contributed by atoms with Crippen LogP contribution in [-0.4, -0.2) is 13.0 Å². The minimum atomic E-state index is 0.150. The van der Waals surface area contributed by atoms with E-state index in [0.717, 1.165) is 0 Å². The van der Waals surface area contributed by atoms with Crippen LogP contribution in [0.2, 0.25) is 0 Å². The Morgan fingerprint density at radius 1 is 1.26 bits per heavy atom. The van der Waals surface area contributed by atoms with Gasteiger partial charge in [-0.3, -0.25) is 4.79 Å². The van der Waals surface area contributed by atoms with Gasteiger partial charge in [-0.1, -0.05) is 45.0 Å². The monoisotopic (exact) mass is 259 g/mol. The van der Waals surface area contributed by atoms with Crippen molar-refractivity contribution in [2.45, 2.75) is 51.4 Å². The smallest absolute Gasteiger partial charge is 0.220 e. The van der Waals surface area contributed by atoms with Gasteiger partial charge in [-0.2, -0.15) is 0 Å². The van der Waals surface area contributed by atoms with Crippen molar-refractivity contribution < 1.29 is 4.79 Å². The molecule has 2 rings (SSSR count). The minimum absolute atomic E-state index is 0.150. The zero-order valence-electron chi connectivity index (χ0n) is 12.5. The van der Waals surface area contributed by atoms with Crippen LogP contribution in [-0.2, 0) is 10.2 Å². The van der Waals surface area contributed by atoms with Crippen molar-refractivity contribution in [3.63, 3.8) is 0 Å². The third-order valence-corrected chi connectivity index (χ3v) is 4.08. The summed E-state index contributed by atoms with van der Waals surface area (Å²) < 4.78 is 0. The Labute approximate surface area is 116 Å². The van der Waals surface area contributed by atoms with E-state index in [1.807, 2.05) is 0 Å². The van der Waals surface area contributed by atoms with Crippen LogP contribution in [0.3, 0.4) is 0 Å².